The standard InChI is InChI=1S/C10H19N3/c1-3-8(6-11)10(12)9-4-5-13(2)7-9/h8-10H,3-5,7,12H2,1-2H3. The normalized spacial score (nSPS) is 28.3. The smallest absolute Gasteiger partial charge is 0.0672 e. The van der Waals surface area contributed by atoms with E-state index in [9.17, 15) is 0 Å². The van der Waals surface area contributed by atoms with E-state index in [1.807, 2.05) is 6.92 Å². The summed E-state index contributed by atoms with van der Waals surface area (Å²) in [6.07, 6.45) is 2.02. The molecule has 0 bridgehead atoms. The van der Waals surface area contributed by atoms with Crippen LogP contribution in [0.3, 0.4) is 0 Å². The first-order chi connectivity index (χ1) is 6.19. The van der Waals surface area contributed by atoms with Crippen LogP contribution < -0.4 is 5.73 Å². The van der Waals surface area contributed by atoms with Crippen molar-refractivity contribution in [3.05, 3.63) is 0 Å². The zero-order valence-corrected chi connectivity index (χ0v) is 8.53. The van der Waals surface area contributed by atoms with E-state index in [0.29, 0.717) is 5.92 Å². The summed E-state index contributed by atoms with van der Waals surface area (Å²) in [5.74, 6) is 0.561. The molecular formula is C10H19N3. The van der Waals surface area contributed by atoms with Gasteiger partial charge in [-0.15, -0.1) is 0 Å². The van der Waals surface area contributed by atoms with Crippen LogP contribution in [-0.4, -0.2) is 31.1 Å². The summed E-state index contributed by atoms with van der Waals surface area (Å²) in [5.41, 5.74) is 6.06. The van der Waals surface area contributed by atoms with Crippen LogP contribution in [0.1, 0.15) is 19.8 Å². The molecule has 74 valence electrons. The Hall–Kier alpha value is -0.590. The molecule has 3 nitrogen and oxygen atoms in total. The van der Waals surface area contributed by atoms with E-state index >= 15 is 0 Å². The maximum absolute atomic E-state index is 8.88. The van der Waals surface area contributed by atoms with Crippen molar-refractivity contribution < 1.29 is 0 Å². The molecule has 1 fully saturated rings. The molecule has 0 spiro atoms. The van der Waals surface area contributed by atoms with Crippen LogP contribution in [0, 0.1) is 23.2 Å². The van der Waals surface area contributed by atoms with E-state index in [4.69, 9.17) is 11.0 Å². The van der Waals surface area contributed by atoms with Crippen molar-refractivity contribution in [1.82, 2.24) is 4.90 Å². The van der Waals surface area contributed by atoms with Crippen LogP contribution in [0.4, 0.5) is 0 Å². The molecule has 2 N–H and O–H groups in total. The van der Waals surface area contributed by atoms with Gasteiger partial charge in [-0.2, -0.15) is 5.26 Å². The van der Waals surface area contributed by atoms with Gasteiger partial charge in [0.25, 0.3) is 0 Å². The van der Waals surface area contributed by atoms with E-state index < -0.39 is 0 Å². The number of nitrogens with two attached hydrogens (primary N) is 1. The lowest BCUT2D eigenvalue weighted by atomic mass is 9.87. The molecule has 3 heteroatoms. The average Bonchev–Trinajstić information content (AvgIpc) is 2.54. The van der Waals surface area contributed by atoms with E-state index in [1.54, 1.807) is 0 Å². The lowest BCUT2D eigenvalue weighted by Gasteiger charge is -2.22. The molecule has 1 aliphatic heterocycles. The fourth-order valence-corrected chi connectivity index (χ4v) is 2.06. The van der Waals surface area contributed by atoms with Crippen molar-refractivity contribution in [1.29, 1.82) is 5.26 Å². The van der Waals surface area contributed by atoms with Gasteiger partial charge in [-0.1, -0.05) is 6.92 Å². The second-order valence-corrected chi connectivity index (χ2v) is 4.03. The minimum Gasteiger partial charge on any atom is -0.326 e. The van der Waals surface area contributed by atoms with Crippen molar-refractivity contribution in [2.45, 2.75) is 25.8 Å². The van der Waals surface area contributed by atoms with Gasteiger partial charge in [0, 0.05) is 12.6 Å². The molecule has 0 aliphatic carbocycles. The monoisotopic (exact) mass is 181 g/mol. The molecule has 3 atom stereocenters. The Bertz CT molecular complexity index is 197. The minimum atomic E-state index is 0.0384. The molecule has 13 heavy (non-hydrogen) atoms. The average molecular weight is 181 g/mol. The van der Waals surface area contributed by atoms with Gasteiger partial charge in [-0.25, -0.2) is 0 Å². The molecule has 3 unspecified atom stereocenters. The first-order valence-electron chi connectivity index (χ1n) is 5.02. The minimum absolute atomic E-state index is 0.0384. The largest absolute Gasteiger partial charge is 0.326 e. The fraction of sp³-hybridized carbons (Fsp3) is 0.900. The van der Waals surface area contributed by atoms with Crippen LogP contribution in [0.5, 0.6) is 0 Å². The first kappa shape index (κ1) is 10.5. The van der Waals surface area contributed by atoms with Gasteiger partial charge in [0.1, 0.15) is 0 Å². The molecule has 0 aromatic heterocycles. The molecule has 0 saturated carbocycles. The molecule has 1 rings (SSSR count). The predicted octanol–water partition coefficient (Wildman–Crippen LogP) is 0.815. The Labute approximate surface area is 80.5 Å². The third-order valence-corrected chi connectivity index (χ3v) is 3.04. The molecule has 0 radical (unpaired) electrons. The fourth-order valence-electron chi connectivity index (χ4n) is 2.06. The zero-order valence-electron chi connectivity index (χ0n) is 8.53. The van der Waals surface area contributed by atoms with Crippen LogP contribution in [0.15, 0.2) is 0 Å². The molecule has 0 amide bonds. The number of nitriles is 1. The quantitative estimate of drug-likeness (QED) is 0.701. The van der Waals surface area contributed by atoms with Crippen LogP contribution in [0.2, 0.25) is 0 Å². The summed E-state index contributed by atoms with van der Waals surface area (Å²) in [6, 6.07) is 2.37. The van der Waals surface area contributed by atoms with Gasteiger partial charge in [0.05, 0.1) is 12.0 Å². The third kappa shape index (κ3) is 2.43. The molecule has 1 saturated heterocycles. The number of likely N-dealkylation sites (tertiary alicyclic amines) is 1. The molecule has 1 aliphatic rings. The van der Waals surface area contributed by atoms with Crippen molar-refractivity contribution in [2.75, 3.05) is 20.1 Å². The second kappa shape index (κ2) is 4.59. The molecule has 0 aromatic rings. The van der Waals surface area contributed by atoms with Crippen LogP contribution >= 0.6 is 0 Å². The van der Waals surface area contributed by atoms with Gasteiger partial charge in [-0.3, -0.25) is 0 Å². The lowest BCUT2D eigenvalue weighted by Crippen LogP contribution is -2.38. The summed E-state index contributed by atoms with van der Waals surface area (Å²) in [6.45, 7) is 4.21. The number of hydrogen-bond acceptors (Lipinski definition) is 3. The number of nitrogens with zero attached hydrogens (tertiary/aromatic N) is 2. The Kier molecular flexibility index (Phi) is 3.71. The van der Waals surface area contributed by atoms with Crippen LogP contribution in [0.25, 0.3) is 0 Å². The van der Waals surface area contributed by atoms with E-state index in [1.165, 1.54) is 0 Å². The van der Waals surface area contributed by atoms with Crippen molar-refractivity contribution in [3.8, 4) is 6.07 Å². The number of rotatable bonds is 3. The highest BCUT2D eigenvalue weighted by Gasteiger charge is 2.29. The second-order valence-electron chi connectivity index (χ2n) is 4.03. The van der Waals surface area contributed by atoms with E-state index in [0.717, 1.165) is 25.9 Å². The molecule has 0 aromatic carbocycles. The summed E-state index contributed by atoms with van der Waals surface area (Å²) < 4.78 is 0. The molecule has 1 heterocycles. The Balaban J connectivity index is 2.47. The predicted molar refractivity (Wildman–Crippen MR) is 53.0 cm³/mol. The summed E-state index contributed by atoms with van der Waals surface area (Å²) in [7, 11) is 2.11. The van der Waals surface area contributed by atoms with E-state index in [2.05, 4.69) is 18.0 Å². The van der Waals surface area contributed by atoms with Crippen molar-refractivity contribution in [2.24, 2.45) is 17.6 Å². The maximum atomic E-state index is 8.88. The highest BCUT2D eigenvalue weighted by molar-refractivity contribution is 4.95. The lowest BCUT2D eigenvalue weighted by molar-refractivity contribution is 0.331. The summed E-state index contributed by atoms with van der Waals surface area (Å²) in [5, 5.41) is 8.88. The van der Waals surface area contributed by atoms with Crippen LogP contribution in [-0.2, 0) is 0 Å². The molecular weight excluding hydrogens is 162 g/mol. The summed E-state index contributed by atoms with van der Waals surface area (Å²) in [4.78, 5) is 2.29. The zero-order chi connectivity index (χ0) is 9.84. The highest BCUT2D eigenvalue weighted by atomic mass is 15.1. The number of hydrogen-bond donors (Lipinski definition) is 1. The Morgan fingerprint density at radius 1 is 1.69 bits per heavy atom. The Morgan fingerprint density at radius 3 is 2.77 bits per heavy atom. The van der Waals surface area contributed by atoms with Gasteiger partial charge < -0.3 is 10.6 Å². The van der Waals surface area contributed by atoms with Gasteiger partial charge in [0.2, 0.25) is 0 Å². The van der Waals surface area contributed by atoms with Gasteiger partial charge in [-0.05, 0) is 32.4 Å². The summed E-state index contributed by atoms with van der Waals surface area (Å²) >= 11 is 0. The maximum Gasteiger partial charge on any atom is 0.0672 e. The highest BCUT2D eigenvalue weighted by Crippen LogP contribution is 2.22. The first-order valence-corrected chi connectivity index (χ1v) is 5.02. The van der Waals surface area contributed by atoms with Gasteiger partial charge >= 0.3 is 0 Å². The Morgan fingerprint density at radius 2 is 2.38 bits per heavy atom. The third-order valence-electron chi connectivity index (χ3n) is 3.04. The van der Waals surface area contributed by atoms with Gasteiger partial charge in [0.15, 0.2) is 0 Å². The van der Waals surface area contributed by atoms with Crippen molar-refractivity contribution in [3.63, 3.8) is 0 Å². The topological polar surface area (TPSA) is 53.1 Å². The van der Waals surface area contributed by atoms with Crippen molar-refractivity contribution >= 4 is 0 Å². The van der Waals surface area contributed by atoms with E-state index in [-0.39, 0.29) is 12.0 Å². The SMILES string of the molecule is CCC(C#N)C(N)C1CCN(C)C1.